The highest BCUT2D eigenvalue weighted by molar-refractivity contribution is 7.89. The second-order valence-electron chi connectivity index (χ2n) is 4.05. The molecule has 0 spiro atoms. The van der Waals surface area contributed by atoms with Crippen molar-refractivity contribution in [3.05, 3.63) is 0 Å². The lowest BCUT2D eigenvalue weighted by molar-refractivity contribution is -0.151. The molecule has 0 bridgehead atoms. The Morgan fingerprint density at radius 1 is 1.38 bits per heavy atom. The highest BCUT2D eigenvalue weighted by Crippen LogP contribution is 2.29. The number of ether oxygens (including phenoxy) is 1. The molecule has 0 unspecified atom stereocenters. The second-order valence-corrected chi connectivity index (χ2v) is 5.93. The van der Waals surface area contributed by atoms with Crippen LogP contribution >= 0.6 is 0 Å². The van der Waals surface area contributed by atoms with Crippen LogP contribution in [0.4, 0.5) is 0 Å². The molecule has 0 radical (unpaired) electrons. The normalized spacial score (nSPS) is 24.9. The van der Waals surface area contributed by atoms with Crippen molar-refractivity contribution in [1.29, 1.82) is 0 Å². The van der Waals surface area contributed by atoms with Crippen molar-refractivity contribution >= 4 is 16.0 Å². The Morgan fingerprint density at radius 2 is 2.00 bits per heavy atom. The Hall–Kier alpha value is -0.620. The van der Waals surface area contributed by atoms with Crippen LogP contribution in [-0.4, -0.2) is 32.8 Å². The fraction of sp³-hybridized carbons (Fsp3) is 0.900. The number of esters is 1. The quantitative estimate of drug-likeness (QED) is 0.702. The molecule has 0 heterocycles. The summed E-state index contributed by atoms with van der Waals surface area (Å²) >= 11 is 0. The number of hydrogen-bond acceptors (Lipinski definition) is 4. The van der Waals surface area contributed by atoms with Crippen molar-refractivity contribution in [3.8, 4) is 0 Å². The van der Waals surface area contributed by atoms with Crippen LogP contribution in [0, 0.1) is 5.92 Å². The van der Waals surface area contributed by atoms with E-state index in [1.165, 1.54) is 0 Å². The van der Waals surface area contributed by atoms with E-state index in [1.807, 2.05) is 6.92 Å². The van der Waals surface area contributed by atoms with Crippen LogP contribution in [0.25, 0.3) is 0 Å². The van der Waals surface area contributed by atoms with Gasteiger partial charge in [-0.1, -0.05) is 6.92 Å². The zero-order valence-corrected chi connectivity index (χ0v) is 10.5. The maximum absolute atomic E-state index is 11.4. The Labute approximate surface area is 96.6 Å². The molecule has 0 aromatic rings. The minimum atomic E-state index is -3.16. The molecular weight excluding hydrogens is 230 g/mol. The molecule has 5 nitrogen and oxygen atoms in total. The largest absolute Gasteiger partial charge is 0.466 e. The molecule has 1 saturated carbocycles. The summed E-state index contributed by atoms with van der Waals surface area (Å²) in [6, 6.07) is -0.0917. The highest BCUT2D eigenvalue weighted by atomic mass is 32.2. The highest BCUT2D eigenvalue weighted by Gasteiger charge is 2.37. The minimum Gasteiger partial charge on any atom is -0.466 e. The Bertz CT molecular complexity index is 333. The van der Waals surface area contributed by atoms with E-state index in [0.717, 1.165) is 0 Å². The van der Waals surface area contributed by atoms with Crippen molar-refractivity contribution in [2.45, 2.75) is 39.2 Å². The molecule has 0 aromatic carbocycles. The lowest BCUT2D eigenvalue weighted by Gasteiger charge is -2.33. The molecule has 0 amide bonds. The first kappa shape index (κ1) is 13.4. The summed E-state index contributed by atoms with van der Waals surface area (Å²) in [5.41, 5.74) is 0. The van der Waals surface area contributed by atoms with Gasteiger partial charge >= 0.3 is 5.97 Å². The summed E-state index contributed by atoms with van der Waals surface area (Å²) in [5, 5.41) is 0. The minimum absolute atomic E-state index is 0.0917. The molecule has 1 aliphatic rings. The summed E-state index contributed by atoms with van der Waals surface area (Å²) in [6.07, 6.45) is 1.72. The average molecular weight is 249 g/mol. The molecule has 1 fully saturated rings. The third kappa shape index (κ3) is 3.75. The zero-order chi connectivity index (χ0) is 12.2. The molecule has 1 aliphatic carbocycles. The first-order valence-electron chi connectivity index (χ1n) is 5.65. The third-order valence-electron chi connectivity index (χ3n) is 2.58. The summed E-state index contributed by atoms with van der Waals surface area (Å²) in [4.78, 5) is 11.3. The number of carbonyl (C=O) groups is 1. The maximum Gasteiger partial charge on any atom is 0.309 e. The summed E-state index contributed by atoms with van der Waals surface area (Å²) in [7, 11) is -3.16. The predicted molar refractivity (Wildman–Crippen MR) is 60.4 cm³/mol. The van der Waals surface area contributed by atoms with Gasteiger partial charge in [0.15, 0.2) is 0 Å². The summed E-state index contributed by atoms with van der Waals surface area (Å²) in [6.45, 7) is 3.96. The van der Waals surface area contributed by atoms with E-state index in [2.05, 4.69) is 4.72 Å². The van der Waals surface area contributed by atoms with Crippen LogP contribution in [0.15, 0.2) is 0 Å². The number of rotatable bonds is 6. The van der Waals surface area contributed by atoms with E-state index in [1.54, 1.807) is 6.92 Å². The van der Waals surface area contributed by atoms with E-state index >= 15 is 0 Å². The fourth-order valence-corrected chi connectivity index (χ4v) is 3.10. The smallest absolute Gasteiger partial charge is 0.309 e. The van der Waals surface area contributed by atoms with Crippen molar-refractivity contribution in [2.75, 3.05) is 12.4 Å². The molecule has 0 atom stereocenters. The van der Waals surface area contributed by atoms with E-state index in [-0.39, 0.29) is 23.7 Å². The van der Waals surface area contributed by atoms with Gasteiger partial charge in [-0.25, -0.2) is 13.1 Å². The van der Waals surface area contributed by atoms with Crippen LogP contribution in [0.3, 0.4) is 0 Å². The molecule has 0 aromatic heterocycles. The predicted octanol–water partition coefficient (Wildman–Crippen LogP) is 0.657. The van der Waals surface area contributed by atoms with Gasteiger partial charge in [-0.15, -0.1) is 0 Å². The molecule has 1 rings (SSSR count). The molecule has 94 valence electrons. The number of sulfonamides is 1. The van der Waals surface area contributed by atoms with Gasteiger partial charge in [0, 0.05) is 6.04 Å². The van der Waals surface area contributed by atoms with Gasteiger partial charge < -0.3 is 4.74 Å². The average Bonchev–Trinajstić information content (AvgIpc) is 2.10. The summed E-state index contributed by atoms with van der Waals surface area (Å²) < 4.78 is 30.3. The monoisotopic (exact) mass is 249 g/mol. The number of hydrogen-bond donors (Lipinski definition) is 1. The van der Waals surface area contributed by atoms with Gasteiger partial charge in [0.2, 0.25) is 10.0 Å². The van der Waals surface area contributed by atoms with E-state index in [0.29, 0.717) is 25.9 Å². The van der Waals surface area contributed by atoms with Crippen LogP contribution in [0.2, 0.25) is 0 Å². The molecule has 16 heavy (non-hydrogen) atoms. The lowest BCUT2D eigenvalue weighted by atomic mass is 9.81. The standard InChI is InChI=1S/C10H19NO4S/c1-3-5-16(13,14)11-9-6-8(7-9)10(12)15-4-2/h8-9,11H,3-7H2,1-2H3. The fourth-order valence-electron chi connectivity index (χ4n) is 1.75. The van der Waals surface area contributed by atoms with Crippen LogP contribution in [-0.2, 0) is 19.6 Å². The van der Waals surface area contributed by atoms with Crippen molar-refractivity contribution < 1.29 is 17.9 Å². The third-order valence-corrected chi connectivity index (χ3v) is 4.22. The van der Waals surface area contributed by atoms with Crippen LogP contribution < -0.4 is 4.72 Å². The molecule has 1 N–H and O–H groups in total. The second kappa shape index (κ2) is 5.63. The molecule has 0 saturated heterocycles. The molecule has 0 aliphatic heterocycles. The van der Waals surface area contributed by atoms with Crippen LogP contribution in [0.5, 0.6) is 0 Å². The first-order chi connectivity index (χ1) is 7.48. The number of nitrogens with one attached hydrogen (secondary N) is 1. The molecule has 6 heteroatoms. The van der Waals surface area contributed by atoms with Gasteiger partial charge in [-0.3, -0.25) is 4.79 Å². The maximum atomic E-state index is 11.4. The lowest BCUT2D eigenvalue weighted by Crippen LogP contribution is -2.47. The van der Waals surface area contributed by atoms with E-state index < -0.39 is 10.0 Å². The van der Waals surface area contributed by atoms with E-state index in [9.17, 15) is 13.2 Å². The summed E-state index contributed by atoms with van der Waals surface area (Å²) in [5.74, 6) is -0.198. The van der Waals surface area contributed by atoms with Gasteiger partial charge in [0.1, 0.15) is 0 Å². The Morgan fingerprint density at radius 3 is 2.50 bits per heavy atom. The van der Waals surface area contributed by atoms with Gasteiger partial charge in [0.05, 0.1) is 18.3 Å². The topological polar surface area (TPSA) is 72.5 Å². The Kier molecular flexibility index (Phi) is 4.73. The Balaban J connectivity index is 2.29. The van der Waals surface area contributed by atoms with Gasteiger partial charge in [0.25, 0.3) is 0 Å². The van der Waals surface area contributed by atoms with Gasteiger partial charge in [-0.2, -0.15) is 0 Å². The molecular formula is C10H19NO4S. The van der Waals surface area contributed by atoms with Crippen molar-refractivity contribution in [2.24, 2.45) is 5.92 Å². The first-order valence-corrected chi connectivity index (χ1v) is 7.30. The van der Waals surface area contributed by atoms with Gasteiger partial charge in [-0.05, 0) is 26.2 Å². The SMILES string of the molecule is CCCS(=O)(=O)NC1CC(C(=O)OCC)C1. The van der Waals surface area contributed by atoms with Crippen molar-refractivity contribution in [1.82, 2.24) is 4.72 Å². The van der Waals surface area contributed by atoms with E-state index in [4.69, 9.17) is 4.74 Å². The number of carbonyl (C=O) groups excluding carboxylic acids is 1. The zero-order valence-electron chi connectivity index (χ0n) is 9.73. The van der Waals surface area contributed by atoms with Crippen molar-refractivity contribution in [3.63, 3.8) is 0 Å². The van der Waals surface area contributed by atoms with Crippen LogP contribution in [0.1, 0.15) is 33.1 Å².